The van der Waals surface area contributed by atoms with Crippen molar-refractivity contribution >= 4 is 11.6 Å². The molecule has 1 aliphatic heterocycles. The molecule has 0 aromatic heterocycles. The van der Waals surface area contributed by atoms with Gasteiger partial charge in [0.05, 0.1) is 5.56 Å². The number of hydrogen-bond acceptors (Lipinski definition) is 2. The molecule has 1 amide bonds. The second-order valence-corrected chi connectivity index (χ2v) is 4.01. The molecule has 0 fully saturated rings. The maximum atomic E-state index is 11.9. The van der Waals surface area contributed by atoms with Crippen LogP contribution in [0.2, 0.25) is 0 Å². The molecule has 2 aromatic rings. The predicted octanol–water partition coefficient (Wildman–Crippen LogP) is 2.54. The lowest BCUT2D eigenvalue weighted by Crippen LogP contribution is -2.38. The SMILES string of the molecule is O=C1N[C@@H](c2ccccc2)Nc2ccccc21. The molecule has 1 atom stereocenters. The molecule has 0 saturated carbocycles. The van der Waals surface area contributed by atoms with Crippen LogP contribution in [0.5, 0.6) is 0 Å². The number of hydrogen-bond donors (Lipinski definition) is 2. The number of para-hydroxylation sites is 1. The molecular formula is C14H12N2O. The summed E-state index contributed by atoms with van der Waals surface area (Å²) in [5, 5.41) is 6.25. The van der Waals surface area contributed by atoms with E-state index >= 15 is 0 Å². The van der Waals surface area contributed by atoms with Crippen LogP contribution in [0.4, 0.5) is 5.69 Å². The minimum Gasteiger partial charge on any atom is -0.361 e. The molecule has 17 heavy (non-hydrogen) atoms. The van der Waals surface area contributed by atoms with Crippen molar-refractivity contribution in [3.8, 4) is 0 Å². The zero-order chi connectivity index (χ0) is 11.7. The van der Waals surface area contributed by atoms with Gasteiger partial charge in [-0.15, -0.1) is 0 Å². The number of fused-ring (bicyclic) bond motifs is 1. The van der Waals surface area contributed by atoms with E-state index in [0.29, 0.717) is 5.56 Å². The van der Waals surface area contributed by atoms with Crippen molar-refractivity contribution < 1.29 is 4.79 Å². The number of anilines is 1. The molecular weight excluding hydrogens is 212 g/mol. The molecule has 0 radical (unpaired) electrons. The maximum absolute atomic E-state index is 11.9. The second kappa shape index (κ2) is 3.94. The van der Waals surface area contributed by atoms with Gasteiger partial charge in [0.15, 0.2) is 0 Å². The van der Waals surface area contributed by atoms with Crippen molar-refractivity contribution in [3.63, 3.8) is 0 Å². The number of nitrogens with one attached hydrogen (secondary N) is 2. The lowest BCUT2D eigenvalue weighted by atomic mass is 10.1. The first kappa shape index (κ1) is 9.90. The standard InChI is InChI=1S/C14H12N2O/c17-14-11-8-4-5-9-12(11)15-13(16-14)10-6-2-1-3-7-10/h1-9,13,15H,(H,16,17)/t13-/m0/s1. The Labute approximate surface area is 99.5 Å². The fourth-order valence-electron chi connectivity index (χ4n) is 2.02. The first-order valence-corrected chi connectivity index (χ1v) is 5.56. The lowest BCUT2D eigenvalue weighted by molar-refractivity contribution is 0.0935. The van der Waals surface area contributed by atoms with Crippen LogP contribution in [-0.4, -0.2) is 5.91 Å². The second-order valence-electron chi connectivity index (χ2n) is 4.01. The number of carbonyl (C=O) groups excluding carboxylic acids is 1. The topological polar surface area (TPSA) is 41.1 Å². The minimum absolute atomic E-state index is 0.0341. The smallest absolute Gasteiger partial charge is 0.255 e. The Kier molecular flexibility index (Phi) is 2.29. The Morgan fingerprint density at radius 2 is 1.53 bits per heavy atom. The number of amides is 1. The summed E-state index contributed by atoms with van der Waals surface area (Å²) in [5.41, 5.74) is 2.63. The van der Waals surface area contributed by atoms with Crippen molar-refractivity contribution in [2.24, 2.45) is 0 Å². The highest BCUT2D eigenvalue weighted by molar-refractivity contribution is 6.01. The number of rotatable bonds is 1. The summed E-state index contributed by atoms with van der Waals surface area (Å²) in [6.07, 6.45) is -0.154. The van der Waals surface area contributed by atoms with Crippen LogP contribution in [0.15, 0.2) is 54.6 Å². The van der Waals surface area contributed by atoms with Crippen molar-refractivity contribution in [3.05, 3.63) is 65.7 Å². The van der Waals surface area contributed by atoms with Gasteiger partial charge in [0.1, 0.15) is 6.17 Å². The van der Waals surface area contributed by atoms with Gasteiger partial charge in [0, 0.05) is 5.69 Å². The van der Waals surface area contributed by atoms with Crippen molar-refractivity contribution in [2.45, 2.75) is 6.17 Å². The highest BCUT2D eigenvalue weighted by Crippen LogP contribution is 2.25. The first-order chi connectivity index (χ1) is 8.34. The Bertz CT molecular complexity index is 551. The van der Waals surface area contributed by atoms with E-state index in [-0.39, 0.29) is 12.1 Å². The first-order valence-electron chi connectivity index (χ1n) is 5.56. The van der Waals surface area contributed by atoms with Gasteiger partial charge in [-0.2, -0.15) is 0 Å². The van der Waals surface area contributed by atoms with E-state index in [9.17, 15) is 4.79 Å². The highest BCUT2D eigenvalue weighted by Gasteiger charge is 2.23. The molecule has 3 rings (SSSR count). The minimum atomic E-state index is -0.154. The van der Waals surface area contributed by atoms with E-state index in [1.165, 1.54) is 0 Å². The largest absolute Gasteiger partial charge is 0.361 e. The van der Waals surface area contributed by atoms with Gasteiger partial charge in [0.25, 0.3) is 5.91 Å². The molecule has 0 aliphatic carbocycles. The van der Waals surface area contributed by atoms with Crippen LogP contribution in [0.25, 0.3) is 0 Å². The zero-order valence-corrected chi connectivity index (χ0v) is 9.18. The van der Waals surface area contributed by atoms with Crippen molar-refractivity contribution in [1.82, 2.24) is 5.32 Å². The van der Waals surface area contributed by atoms with E-state index in [1.807, 2.05) is 54.6 Å². The Morgan fingerprint density at radius 1 is 0.824 bits per heavy atom. The van der Waals surface area contributed by atoms with E-state index in [0.717, 1.165) is 11.3 Å². The summed E-state index contributed by atoms with van der Waals surface area (Å²) in [4.78, 5) is 11.9. The summed E-state index contributed by atoms with van der Waals surface area (Å²) in [7, 11) is 0. The molecule has 1 heterocycles. The molecule has 2 N–H and O–H groups in total. The lowest BCUT2D eigenvalue weighted by Gasteiger charge is -2.28. The monoisotopic (exact) mass is 224 g/mol. The van der Waals surface area contributed by atoms with E-state index < -0.39 is 0 Å². The molecule has 84 valence electrons. The summed E-state index contributed by atoms with van der Waals surface area (Å²) in [5.74, 6) is -0.0341. The van der Waals surface area contributed by atoms with E-state index in [2.05, 4.69) is 10.6 Å². The van der Waals surface area contributed by atoms with E-state index in [4.69, 9.17) is 0 Å². The van der Waals surface area contributed by atoms with Crippen LogP contribution in [0, 0.1) is 0 Å². The molecule has 0 saturated heterocycles. The van der Waals surface area contributed by atoms with Crippen LogP contribution < -0.4 is 10.6 Å². The predicted molar refractivity (Wildman–Crippen MR) is 66.7 cm³/mol. The molecule has 3 heteroatoms. The average Bonchev–Trinajstić information content (AvgIpc) is 2.40. The highest BCUT2D eigenvalue weighted by atomic mass is 16.2. The Hall–Kier alpha value is -2.29. The molecule has 3 nitrogen and oxygen atoms in total. The summed E-state index contributed by atoms with van der Waals surface area (Å²) in [6.45, 7) is 0. The number of carbonyl (C=O) groups is 1. The van der Waals surface area contributed by atoms with Gasteiger partial charge in [-0.05, 0) is 17.7 Å². The van der Waals surface area contributed by atoms with Gasteiger partial charge < -0.3 is 10.6 Å². The molecule has 0 bridgehead atoms. The fourth-order valence-corrected chi connectivity index (χ4v) is 2.02. The van der Waals surface area contributed by atoms with Gasteiger partial charge in [-0.1, -0.05) is 42.5 Å². The van der Waals surface area contributed by atoms with Crippen molar-refractivity contribution in [2.75, 3.05) is 5.32 Å². The van der Waals surface area contributed by atoms with Gasteiger partial charge in [-0.25, -0.2) is 0 Å². The summed E-state index contributed by atoms with van der Waals surface area (Å²) >= 11 is 0. The van der Waals surface area contributed by atoms with Gasteiger partial charge in [0.2, 0.25) is 0 Å². The summed E-state index contributed by atoms with van der Waals surface area (Å²) in [6, 6.07) is 17.4. The average molecular weight is 224 g/mol. The van der Waals surface area contributed by atoms with Gasteiger partial charge >= 0.3 is 0 Å². The van der Waals surface area contributed by atoms with Gasteiger partial charge in [-0.3, -0.25) is 4.79 Å². The molecule has 2 aromatic carbocycles. The third kappa shape index (κ3) is 1.76. The molecule has 1 aliphatic rings. The van der Waals surface area contributed by atoms with Crippen molar-refractivity contribution in [1.29, 1.82) is 0 Å². The number of benzene rings is 2. The maximum Gasteiger partial charge on any atom is 0.255 e. The van der Waals surface area contributed by atoms with Crippen LogP contribution in [-0.2, 0) is 0 Å². The van der Waals surface area contributed by atoms with Crippen LogP contribution >= 0.6 is 0 Å². The molecule has 0 spiro atoms. The quantitative estimate of drug-likeness (QED) is 0.781. The Balaban J connectivity index is 1.97. The normalized spacial score (nSPS) is 17.9. The Morgan fingerprint density at radius 3 is 2.35 bits per heavy atom. The third-order valence-electron chi connectivity index (χ3n) is 2.88. The van der Waals surface area contributed by atoms with Crippen LogP contribution in [0.1, 0.15) is 22.1 Å². The fraction of sp³-hybridized carbons (Fsp3) is 0.0714. The zero-order valence-electron chi connectivity index (χ0n) is 9.18. The third-order valence-corrected chi connectivity index (χ3v) is 2.88. The van der Waals surface area contributed by atoms with E-state index in [1.54, 1.807) is 0 Å². The molecule has 0 unspecified atom stereocenters. The van der Waals surface area contributed by atoms with Crippen LogP contribution in [0.3, 0.4) is 0 Å². The summed E-state index contributed by atoms with van der Waals surface area (Å²) < 4.78 is 0.